The second kappa shape index (κ2) is 16.0. The number of hydrogen-bond acceptors (Lipinski definition) is 8. The summed E-state index contributed by atoms with van der Waals surface area (Å²) in [5.74, 6) is 6.10. The fourth-order valence-corrected chi connectivity index (χ4v) is 12.8. The fourth-order valence-electron chi connectivity index (χ4n) is 12.8. The maximum Gasteiger partial charge on any atom is 0.338 e. The Bertz CT molecular complexity index is 1610. The molecule has 14 unspecified atom stereocenters. The van der Waals surface area contributed by atoms with Gasteiger partial charge in [0.1, 0.15) is 0 Å². The van der Waals surface area contributed by atoms with Gasteiger partial charge in [-0.1, -0.05) is 40.0 Å². The first-order valence-corrected chi connectivity index (χ1v) is 21.0. The van der Waals surface area contributed by atoms with Crippen LogP contribution in [0.15, 0.2) is 49.1 Å². The third-order valence-corrected chi connectivity index (χ3v) is 15.9. The van der Waals surface area contributed by atoms with Gasteiger partial charge in [0.05, 0.1) is 37.6 Å². The molecule has 6 fully saturated rings. The lowest BCUT2D eigenvalue weighted by atomic mass is 9.73. The second-order valence-corrected chi connectivity index (χ2v) is 18.5. The highest BCUT2D eigenvalue weighted by molar-refractivity contribution is 5.95. The number of carbonyl (C=O) groups excluding carboxylic acids is 4. The first kappa shape index (κ1) is 38.8. The first-order valence-electron chi connectivity index (χ1n) is 21.0. The Hall–Kier alpha value is -3.42. The maximum absolute atomic E-state index is 13.4. The van der Waals surface area contributed by atoms with Crippen LogP contribution in [0.4, 0.5) is 0 Å². The number of hydrogen-bond donors (Lipinski definition) is 0. The van der Waals surface area contributed by atoms with E-state index in [4.69, 9.17) is 18.9 Å². The summed E-state index contributed by atoms with van der Waals surface area (Å²) in [6.07, 6.45) is 12.5. The zero-order valence-electron chi connectivity index (χ0n) is 33.0. The van der Waals surface area contributed by atoms with E-state index in [-0.39, 0.29) is 23.3 Å². The highest BCUT2D eigenvalue weighted by Gasteiger charge is 2.59. The first-order chi connectivity index (χ1) is 25.9. The topological polar surface area (TPSA) is 105 Å². The van der Waals surface area contributed by atoms with Gasteiger partial charge in [-0.05, 0) is 166 Å². The van der Waals surface area contributed by atoms with Crippen molar-refractivity contribution in [3.8, 4) is 0 Å². The van der Waals surface area contributed by atoms with E-state index in [9.17, 15) is 19.2 Å². The molecule has 0 saturated heterocycles. The molecule has 0 aromatic heterocycles. The van der Waals surface area contributed by atoms with Gasteiger partial charge in [0, 0.05) is 17.1 Å². The molecule has 8 heteroatoms. The lowest BCUT2D eigenvalue weighted by Crippen LogP contribution is -2.32. The maximum atomic E-state index is 13.4. The minimum Gasteiger partial charge on any atom is -0.462 e. The molecule has 14 atom stereocenters. The van der Waals surface area contributed by atoms with Crippen LogP contribution in [0.25, 0.3) is 0 Å². The van der Waals surface area contributed by atoms with Crippen LogP contribution >= 0.6 is 0 Å². The van der Waals surface area contributed by atoms with E-state index in [1.165, 1.54) is 38.2 Å². The monoisotopic (exact) mass is 742 g/mol. The summed E-state index contributed by atoms with van der Waals surface area (Å²) in [7, 11) is 0. The van der Waals surface area contributed by atoms with Crippen molar-refractivity contribution < 1.29 is 38.1 Å². The number of benzene rings is 1. The van der Waals surface area contributed by atoms with Crippen LogP contribution in [0.3, 0.4) is 0 Å². The Morgan fingerprint density at radius 2 is 1.35 bits per heavy atom. The molecule has 1 aromatic rings. The Morgan fingerprint density at radius 1 is 0.778 bits per heavy atom. The summed E-state index contributed by atoms with van der Waals surface area (Å²) in [5, 5.41) is 0. The van der Waals surface area contributed by atoms with E-state index >= 15 is 0 Å². The van der Waals surface area contributed by atoms with E-state index in [1.54, 1.807) is 31.2 Å². The van der Waals surface area contributed by atoms with Crippen LogP contribution in [0, 0.1) is 82.3 Å². The predicted molar refractivity (Wildman–Crippen MR) is 205 cm³/mol. The van der Waals surface area contributed by atoms with Gasteiger partial charge in [-0.15, -0.1) is 0 Å². The van der Waals surface area contributed by atoms with E-state index in [1.807, 2.05) is 0 Å². The molecule has 6 saturated carbocycles. The van der Waals surface area contributed by atoms with Crippen molar-refractivity contribution in [3.05, 3.63) is 60.2 Å². The van der Waals surface area contributed by atoms with Crippen LogP contribution in [-0.4, -0.2) is 50.3 Å². The molecule has 0 heterocycles. The van der Waals surface area contributed by atoms with Gasteiger partial charge in [-0.25, -0.2) is 19.2 Å². The Labute approximate surface area is 322 Å². The molecule has 6 aliphatic carbocycles. The SMILES string of the molecule is C=CC(=O)OCC(CC)C1CC2C3CC(COC(=O)c4cccc(C(=O)OCC(C)(CC)C5CC6C7CC(COC(=O)C(=C)C)C(C7)C6C5)c4)C(C3)C2C1. The molecule has 0 radical (unpaired) electrons. The van der Waals surface area contributed by atoms with Crippen molar-refractivity contribution in [2.75, 3.05) is 26.4 Å². The normalized spacial score (nSPS) is 35.8. The van der Waals surface area contributed by atoms with Gasteiger partial charge < -0.3 is 18.9 Å². The number of carbonyl (C=O) groups is 4. The van der Waals surface area contributed by atoms with Crippen molar-refractivity contribution in [1.29, 1.82) is 0 Å². The van der Waals surface area contributed by atoms with Gasteiger partial charge in [0.15, 0.2) is 0 Å². The van der Waals surface area contributed by atoms with Crippen molar-refractivity contribution in [1.82, 2.24) is 0 Å². The molecule has 294 valence electrons. The third-order valence-electron chi connectivity index (χ3n) is 15.9. The summed E-state index contributed by atoms with van der Waals surface area (Å²) in [5.41, 5.74) is 1.08. The van der Waals surface area contributed by atoms with E-state index in [0.29, 0.717) is 114 Å². The minimum atomic E-state index is -0.401. The molecule has 0 aliphatic heterocycles. The molecular weight excluding hydrogens is 680 g/mol. The van der Waals surface area contributed by atoms with Gasteiger partial charge >= 0.3 is 23.9 Å². The largest absolute Gasteiger partial charge is 0.462 e. The quantitative estimate of drug-likeness (QED) is 0.0940. The summed E-state index contributed by atoms with van der Waals surface area (Å²) in [4.78, 5) is 50.4. The van der Waals surface area contributed by atoms with Crippen molar-refractivity contribution >= 4 is 23.9 Å². The smallest absolute Gasteiger partial charge is 0.338 e. The number of fused-ring (bicyclic) bond motifs is 10. The summed E-state index contributed by atoms with van der Waals surface area (Å²) < 4.78 is 23.0. The number of rotatable bonds is 16. The minimum absolute atomic E-state index is 0.132. The highest BCUT2D eigenvalue weighted by Crippen LogP contribution is 2.65. The molecule has 0 N–H and O–H groups in total. The van der Waals surface area contributed by atoms with Gasteiger partial charge in [0.25, 0.3) is 0 Å². The average Bonchev–Trinajstić information content (AvgIpc) is 4.03. The van der Waals surface area contributed by atoms with Gasteiger partial charge in [0.2, 0.25) is 0 Å². The molecule has 1 aromatic carbocycles. The van der Waals surface area contributed by atoms with Gasteiger partial charge in [-0.3, -0.25) is 0 Å². The van der Waals surface area contributed by atoms with Crippen molar-refractivity contribution in [3.63, 3.8) is 0 Å². The third kappa shape index (κ3) is 7.56. The second-order valence-electron chi connectivity index (χ2n) is 18.5. The van der Waals surface area contributed by atoms with E-state index in [0.717, 1.165) is 38.0 Å². The predicted octanol–water partition coefficient (Wildman–Crippen LogP) is 8.89. The van der Waals surface area contributed by atoms with Crippen molar-refractivity contribution in [2.45, 2.75) is 91.9 Å². The number of ether oxygens (including phenoxy) is 4. The standard InChI is InChI=1S/C46H62O8/c1-7-27(22-51-42(47)8-2)30-16-36-31-14-34(37(18-31)40(36)17-30)24-53-44(49)28-11-10-12-29(13-28)45(50)54-25-46(6,9-3)35-20-39-32-15-33(23-52-43(48)26(4)5)38(19-32)41(39)21-35/h8,10-13,27,30-41H,2,4,7,9,14-25H2,1,3,5-6H3. The van der Waals surface area contributed by atoms with E-state index < -0.39 is 5.97 Å². The zero-order valence-corrected chi connectivity index (χ0v) is 33.0. The Morgan fingerprint density at radius 3 is 1.96 bits per heavy atom. The molecule has 54 heavy (non-hydrogen) atoms. The van der Waals surface area contributed by atoms with Crippen LogP contribution in [0.1, 0.15) is 113 Å². The van der Waals surface area contributed by atoms with Crippen LogP contribution < -0.4 is 0 Å². The Balaban J connectivity index is 0.884. The molecule has 8 nitrogen and oxygen atoms in total. The van der Waals surface area contributed by atoms with E-state index in [2.05, 4.69) is 33.9 Å². The van der Waals surface area contributed by atoms with Crippen LogP contribution in [-0.2, 0) is 28.5 Å². The fraction of sp³-hybridized carbons (Fsp3) is 0.696. The van der Waals surface area contributed by atoms with Crippen LogP contribution in [0.2, 0.25) is 0 Å². The average molecular weight is 743 g/mol. The molecular formula is C46H62O8. The molecule has 4 bridgehead atoms. The van der Waals surface area contributed by atoms with Crippen molar-refractivity contribution in [2.24, 2.45) is 82.3 Å². The Kier molecular flexibility index (Phi) is 11.5. The molecule has 7 rings (SSSR count). The number of esters is 4. The molecule has 0 spiro atoms. The van der Waals surface area contributed by atoms with Crippen LogP contribution in [0.5, 0.6) is 0 Å². The summed E-state index contributed by atoms with van der Waals surface area (Å²) >= 11 is 0. The molecule has 6 aliphatic rings. The zero-order chi connectivity index (χ0) is 38.3. The lowest BCUT2D eigenvalue weighted by molar-refractivity contribution is -0.141. The lowest BCUT2D eigenvalue weighted by Gasteiger charge is -2.35. The van der Waals surface area contributed by atoms with Gasteiger partial charge in [-0.2, -0.15) is 0 Å². The summed E-state index contributed by atoms with van der Waals surface area (Å²) in [6, 6.07) is 6.79. The summed E-state index contributed by atoms with van der Waals surface area (Å²) in [6.45, 7) is 17.3. The highest BCUT2D eigenvalue weighted by atomic mass is 16.5. The molecule has 0 amide bonds.